The number of anilines is 1. The number of β-lactam (4-membered cyclic amide) rings is 1. The SMILES string of the molecule is CO/N=C(\C(=O)NC1C(=O)N2C(C(=O)O)=C(Cc3cc(C)no3)CSC12)c1csc(N)n1. The van der Waals surface area contributed by atoms with Crippen LogP contribution in [0.25, 0.3) is 0 Å². The normalized spacial score (nSPS) is 20.6. The quantitative estimate of drug-likeness (QED) is 0.286. The minimum absolute atomic E-state index is 0.101. The number of aromatic nitrogens is 2. The summed E-state index contributed by atoms with van der Waals surface area (Å²) in [5.74, 6) is -1.58. The summed E-state index contributed by atoms with van der Waals surface area (Å²) in [6, 6.07) is 0.792. The van der Waals surface area contributed by atoms with Gasteiger partial charge < -0.3 is 25.5 Å². The van der Waals surface area contributed by atoms with Crippen LogP contribution in [-0.2, 0) is 25.6 Å². The molecule has 1 saturated heterocycles. The summed E-state index contributed by atoms with van der Waals surface area (Å²) in [5.41, 5.74) is 6.80. The molecule has 0 aromatic carbocycles. The van der Waals surface area contributed by atoms with Crippen LogP contribution in [0.3, 0.4) is 0 Å². The van der Waals surface area contributed by atoms with Crippen LogP contribution < -0.4 is 11.1 Å². The van der Waals surface area contributed by atoms with Crippen molar-refractivity contribution in [3.8, 4) is 0 Å². The van der Waals surface area contributed by atoms with Crippen molar-refractivity contribution >= 4 is 51.7 Å². The molecule has 0 radical (unpaired) electrons. The molecule has 14 heteroatoms. The van der Waals surface area contributed by atoms with Crippen molar-refractivity contribution in [2.45, 2.75) is 24.8 Å². The van der Waals surface area contributed by atoms with Crippen molar-refractivity contribution in [2.24, 2.45) is 5.16 Å². The number of carbonyl (C=O) groups excluding carboxylic acids is 2. The van der Waals surface area contributed by atoms with Crippen LogP contribution in [0.2, 0.25) is 0 Å². The molecular weight excluding hydrogens is 460 g/mol. The highest BCUT2D eigenvalue weighted by Crippen LogP contribution is 2.41. The van der Waals surface area contributed by atoms with Gasteiger partial charge in [0.1, 0.15) is 35.7 Å². The Morgan fingerprint density at radius 3 is 2.88 bits per heavy atom. The van der Waals surface area contributed by atoms with Crippen molar-refractivity contribution in [3.63, 3.8) is 0 Å². The van der Waals surface area contributed by atoms with Gasteiger partial charge in [-0.15, -0.1) is 23.1 Å². The monoisotopic (exact) mass is 478 g/mol. The van der Waals surface area contributed by atoms with Gasteiger partial charge in [0.2, 0.25) is 0 Å². The van der Waals surface area contributed by atoms with Gasteiger partial charge in [-0.2, -0.15) is 0 Å². The molecular formula is C18H18N6O6S2. The molecule has 0 aliphatic carbocycles. The molecule has 0 saturated carbocycles. The van der Waals surface area contributed by atoms with E-state index in [9.17, 15) is 19.5 Å². The molecule has 1 fully saturated rings. The molecule has 4 rings (SSSR count). The number of amides is 2. The number of carboxylic acid groups (broad SMARTS) is 1. The number of nitrogens with two attached hydrogens (primary N) is 1. The number of thiazole rings is 1. The van der Waals surface area contributed by atoms with Gasteiger partial charge in [-0.1, -0.05) is 10.3 Å². The summed E-state index contributed by atoms with van der Waals surface area (Å²) in [6.45, 7) is 1.76. The summed E-state index contributed by atoms with van der Waals surface area (Å²) < 4.78 is 5.18. The van der Waals surface area contributed by atoms with E-state index in [-0.39, 0.29) is 28.7 Å². The predicted molar refractivity (Wildman–Crippen MR) is 115 cm³/mol. The number of carbonyl (C=O) groups is 3. The number of thioether (sulfide) groups is 1. The van der Waals surface area contributed by atoms with Crippen LogP contribution >= 0.6 is 23.1 Å². The summed E-state index contributed by atoms with van der Waals surface area (Å²) >= 11 is 2.48. The Balaban J connectivity index is 1.53. The molecule has 4 N–H and O–H groups in total. The molecule has 12 nitrogen and oxygen atoms in total. The standard InChI is InChI=1S/C18H18N6O6S2/c1-7-3-9(30-22-7)4-8-5-31-16-12(15(26)24(16)13(8)17(27)28)21-14(25)11(23-29-2)10-6-32-18(19)20-10/h3,6,12,16H,4-5H2,1-2H3,(H2,19,20)(H,21,25)(H,27,28)/b23-11-. The van der Waals surface area contributed by atoms with Crippen molar-refractivity contribution in [2.75, 3.05) is 18.6 Å². The first kappa shape index (κ1) is 21.8. The van der Waals surface area contributed by atoms with Crippen molar-refractivity contribution < 1.29 is 28.9 Å². The summed E-state index contributed by atoms with van der Waals surface area (Å²) in [5, 5.41) is 21.1. The zero-order valence-electron chi connectivity index (χ0n) is 16.9. The van der Waals surface area contributed by atoms with Gasteiger partial charge in [-0.3, -0.25) is 14.5 Å². The maximum atomic E-state index is 12.8. The lowest BCUT2D eigenvalue weighted by atomic mass is 10.0. The van der Waals surface area contributed by atoms with Gasteiger partial charge in [-0.25, -0.2) is 9.78 Å². The number of hydrogen-bond acceptors (Lipinski definition) is 11. The zero-order chi connectivity index (χ0) is 23.0. The Hall–Kier alpha value is -3.39. The van der Waals surface area contributed by atoms with Gasteiger partial charge in [0.15, 0.2) is 10.8 Å². The number of carboxylic acids is 1. The van der Waals surface area contributed by atoms with Gasteiger partial charge in [0.05, 0.1) is 5.69 Å². The van der Waals surface area contributed by atoms with E-state index in [1.165, 1.54) is 23.8 Å². The number of oxime groups is 1. The first-order chi connectivity index (χ1) is 15.3. The van der Waals surface area contributed by atoms with Crippen LogP contribution in [0.1, 0.15) is 17.1 Å². The van der Waals surface area contributed by atoms with E-state index in [1.807, 2.05) is 0 Å². The second-order valence-electron chi connectivity index (χ2n) is 6.92. The molecule has 2 aromatic rings. The molecule has 2 aliphatic rings. The molecule has 2 aromatic heterocycles. The lowest BCUT2D eigenvalue weighted by Crippen LogP contribution is -2.71. The number of rotatable bonds is 7. The van der Waals surface area contributed by atoms with E-state index in [4.69, 9.17) is 15.1 Å². The minimum Gasteiger partial charge on any atom is -0.477 e. The second kappa shape index (κ2) is 8.63. The summed E-state index contributed by atoms with van der Waals surface area (Å²) in [6.07, 6.45) is 0.221. The van der Waals surface area contributed by atoms with Crippen molar-refractivity contribution in [1.29, 1.82) is 0 Å². The highest BCUT2D eigenvalue weighted by molar-refractivity contribution is 8.00. The summed E-state index contributed by atoms with van der Waals surface area (Å²) in [4.78, 5) is 47.5. The van der Waals surface area contributed by atoms with E-state index < -0.39 is 29.2 Å². The number of hydrogen-bond donors (Lipinski definition) is 3. The number of nitrogens with one attached hydrogen (secondary N) is 1. The molecule has 2 unspecified atom stereocenters. The smallest absolute Gasteiger partial charge is 0.352 e. The average molecular weight is 479 g/mol. The second-order valence-corrected chi connectivity index (χ2v) is 8.92. The summed E-state index contributed by atoms with van der Waals surface area (Å²) in [7, 11) is 1.28. The number of aliphatic carboxylic acids is 1. The van der Waals surface area contributed by atoms with E-state index in [0.29, 0.717) is 22.8 Å². The van der Waals surface area contributed by atoms with Gasteiger partial charge >= 0.3 is 5.97 Å². The molecule has 4 heterocycles. The van der Waals surface area contributed by atoms with Crippen LogP contribution in [0.5, 0.6) is 0 Å². The third-order valence-electron chi connectivity index (χ3n) is 4.76. The van der Waals surface area contributed by atoms with Crippen LogP contribution in [0.4, 0.5) is 5.13 Å². The predicted octanol–water partition coefficient (Wildman–Crippen LogP) is 0.354. The Morgan fingerprint density at radius 2 is 2.28 bits per heavy atom. The molecule has 2 atom stereocenters. The first-order valence-electron chi connectivity index (χ1n) is 9.25. The third-order valence-corrected chi connectivity index (χ3v) is 6.78. The zero-order valence-corrected chi connectivity index (χ0v) is 18.5. The molecule has 0 bridgehead atoms. The lowest BCUT2D eigenvalue weighted by Gasteiger charge is -2.49. The molecule has 168 valence electrons. The molecule has 0 spiro atoms. The number of nitrogen functional groups attached to an aromatic ring is 1. The maximum absolute atomic E-state index is 12.8. The molecule has 2 aliphatic heterocycles. The Bertz CT molecular complexity index is 1150. The van der Waals surface area contributed by atoms with Crippen LogP contribution in [0.15, 0.2) is 32.4 Å². The Kier molecular flexibility index (Phi) is 5.88. The van der Waals surface area contributed by atoms with Gasteiger partial charge in [-0.05, 0) is 12.5 Å². The van der Waals surface area contributed by atoms with Gasteiger partial charge in [0, 0.05) is 23.6 Å². The van der Waals surface area contributed by atoms with Crippen LogP contribution in [-0.4, -0.2) is 67.9 Å². The minimum atomic E-state index is -1.22. The highest BCUT2D eigenvalue weighted by atomic mass is 32.2. The Labute approximate surface area is 189 Å². The van der Waals surface area contributed by atoms with Crippen molar-refractivity contribution in [3.05, 3.63) is 39.9 Å². The van der Waals surface area contributed by atoms with E-state index in [1.54, 1.807) is 18.4 Å². The molecule has 32 heavy (non-hydrogen) atoms. The number of fused-ring (bicyclic) bond motifs is 1. The molecule has 2 amide bonds. The topological polar surface area (TPSA) is 173 Å². The number of aryl methyl sites for hydroxylation is 1. The Morgan fingerprint density at radius 1 is 1.50 bits per heavy atom. The maximum Gasteiger partial charge on any atom is 0.352 e. The fourth-order valence-corrected chi connectivity index (χ4v) is 5.32. The number of nitrogens with zero attached hydrogens (tertiary/aromatic N) is 4. The highest BCUT2D eigenvalue weighted by Gasteiger charge is 2.54. The van der Waals surface area contributed by atoms with E-state index in [0.717, 1.165) is 11.3 Å². The van der Waals surface area contributed by atoms with Crippen molar-refractivity contribution in [1.82, 2.24) is 20.4 Å². The van der Waals surface area contributed by atoms with Gasteiger partial charge in [0.25, 0.3) is 11.8 Å². The lowest BCUT2D eigenvalue weighted by molar-refractivity contribution is -0.150. The first-order valence-corrected chi connectivity index (χ1v) is 11.2. The fourth-order valence-electron chi connectivity index (χ4n) is 3.43. The van der Waals surface area contributed by atoms with Crippen LogP contribution in [0, 0.1) is 6.92 Å². The third kappa shape index (κ3) is 3.93. The average Bonchev–Trinajstić information content (AvgIpc) is 3.37. The van der Waals surface area contributed by atoms with E-state index >= 15 is 0 Å². The van der Waals surface area contributed by atoms with E-state index in [2.05, 4.69) is 20.6 Å². The fraction of sp³-hybridized carbons (Fsp3) is 0.333. The largest absolute Gasteiger partial charge is 0.477 e.